The second-order valence-electron chi connectivity index (χ2n) is 6.02. The Morgan fingerprint density at radius 2 is 2.05 bits per heavy atom. The lowest BCUT2D eigenvalue weighted by Crippen LogP contribution is -2.50. The lowest BCUT2D eigenvalue weighted by Gasteiger charge is -2.38. The van der Waals surface area contributed by atoms with Crippen molar-refractivity contribution in [2.75, 3.05) is 11.4 Å². The summed E-state index contributed by atoms with van der Waals surface area (Å²) in [7, 11) is -3.76. The summed E-state index contributed by atoms with van der Waals surface area (Å²) in [4.78, 5) is 14.1. The number of carbonyl (C=O) groups is 1. The van der Waals surface area contributed by atoms with Gasteiger partial charge in [0.15, 0.2) is 0 Å². The Hall–Kier alpha value is -1.44. The molecule has 7 heteroatoms. The molecule has 0 spiro atoms. The van der Waals surface area contributed by atoms with E-state index in [9.17, 15) is 13.2 Å². The van der Waals surface area contributed by atoms with Crippen molar-refractivity contribution in [3.63, 3.8) is 0 Å². The fourth-order valence-corrected chi connectivity index (χ4v) is 3.53. The molecule has 4 N–H and O–H groups in total. The number of primary sulfonamides is 1. The van der Waals surface area contributed by atoms with Gasteiger partial charge in [0.1, 0.15) is 0 Å². The van der Waals surface area contributed by atoms with Gasteiger partial charge >= 0.3 is 0 Å². The average molecular weight is 309 g/mol. The molecular formula is C14H19N3O3S. The summed E-state index contributed by atoms with van der Waals surface area (Å²) < 4.78 is 22.9. The number of hydrogen-bond donors (Lipinski definition) is 2. The minimum absolute atomic E-state index is 0.0343. The van der Waals surface area contributed by atoms with E-state index in [0.29, 0.717) is 18.7 Å². The number of fused-ring (bicyclic) bond motifs is 1. The van der Waals surface area contributed by atoms with Crippen LogP contribution in [0.5, 0.6) is 0 Å². The Kier molecular flexibility index (Phi) is 3.31. The average Bonchev–Trinajstić information content (AvgIpc) is 2.78. The van der Waals surface area contributed by atoms with Crippen molar-refractivity contribution in [3.8, 4) is 0 Å². The SMILES string of the molecule is NC1(CC(=O)N2CCc3ccc(S(N)(=O)=O)cc32)CCC1. The number of benzene rings is 1. The van der Waals surface area contributed by atoms with Gasteiger partial charge in [0.25, 0.3) is 0 Å². The van der Waals surface area contributed by atoms with Crippen molar-refractivity contribution >= 4 is 21.6 Å². The first-order valence-corrected chi connectivity index (χ1v) is 8.58. The van der Waals surface area contributed by atoms with Crippen LogP contribution in [0.4, 0.5) is 5.69 Å². The molecule has 114 valence electrons. The molecule has 0 aromatic heterocycles. The second-order valence-corrected chi connectivity index (χ2v) is 7.59. The maximum absolute atomic E-state index is 12.4. The molecule has 1 fully saturated rings. The summed E-state index contributed by atoms with van der Waals surface area (Å²) in [5, 5.41) is 5.15. The van der Waals surface area contributed by atoms with Crippen LogP contribution in [-0.2, 0) is 21.2 Å². The molecule has 0 saturated heterocycles. The van der Waals surface area contributed by atoms with E-state index in [4.69, 9.17) is 10.9 Å². The lowest BCUT2D eigenvalue weighted by atomic mass is 9.75. The van der Waals surface area contributed by atoms with Crippen molar-refractivity contribution in [2.45, 2.75) is 42.5 Å². The Labute approximate surface area is 124 Å². The highest BCUT2D eigenvalue weighted by Gasteiger charge is 2.37. The van der Waals surface area contributed by atoms with Gasteiger partial charge in [-0.15, -0.1) is 0 Å². The largest absolute Gasteiger partial charge is 0.325 e. The lowest BCUT2D eigenvalue weighted by molar-refractivity contribution is -0.120. The topological polar surface area (TPSA) is 106 Å². The van der Waals surface area contributed by atoms with E-state index < -0.39 is 10.0 Å². The van der Waals surface area contributed by atoms with Crippen LogP contribution in [0, 0.1) is 0 Å². The van der Waals surface area contributed by atoms with Gasteiger partial charge in [-0.2, -0.15) is 0 Å². The normalized spacial score (nSPS) is 20.0. The third-order valence-corrected chi connectivity index (χ3v) is 5.35. The van der Waals surface area contributed by atoms with E-state index in [1.54, 1.807) is 11.0 Å². The van der Waals surface area contributed by atoms with Crippen LogP contribution in [-0.4, -0.2) is 26.4 Å². The summed E-state index contributed by atoms with van der Waals surface area (Å²) >= 11 is 0. The van der Waals surface area contributed by atoms with Gasteiger partial charge in [0.2, 0.25) is 15.9 Å². The third-order valence-electron chi connectivity index (χ3n) is 4.43. The molecule has 1 aromatic rings. The molecule has 0 bridgehead atoms. The first kappa shape index (κ1) is 14.5. The zero-order chi connectivity index (χ0) is 15.3. The van der Waals surface area contributed by atoms with Gasteiger partial charge in [0, 0.05) is 24.2 Å². The number of hydrogen-bond acceptors (Lipinski definition) is 4. The van der Waals surface area contributed by atoms with E-state index in [0.717, 1.165) is 31.2 Å². The molecule has 1 aliphatic carbocycles. The monoisotopic (exact) mass is 309 g/mol. The standard InChI is InChI=1S/C14H19N3O3S/c15-14(5-1-6-14)9-13(18)17-7-4-10-2-3-11(8-12(10)17)21(16,19)20/h2-3,8H,1,4-7,9,15H2,(H2,16,19,20). The molecule has 6 nitrogen and oxygen atoms in total. The number of carbonyl (C=O) groups excluding carboxylic acids is 1. The number of nitrogens with two attached hydrogens (primary N) is 2. The fourth-order valence-electron chi connectivity index (χ4n) is 3.00. The summed E-state index contributed by atoms with van der Waals surface area (Å²) in [5.74, 6) is -0.0393. The van der Waals surface area contributed by atoms with E-state index >= 15 is 0 Å². The van der Waals surface area contributed by atoms with E-state index in [2.05, 4.69) is 0 Å². The summed E-state index contributed by atoms with van der Waals surface area (Å²) in [6, 6.07) is 4.70. The molecule has 1 aromatic carbocycles. The first-order valence-electron chi connectivity index (χ1n) is 7.04. The Balaban J connectivity index is 1.87. The number of anilines is 1. The summed E-state index contributed by atoms with van der Waals surface area (Å²) in [5.41, 5.74) is 7.37. The van der Waals surface area contributed by atoms with Crippen molar-refractivity contribution in [1.29, 1.82) is 0 Å². The Morgan fingerprint density at radius 1 is 1.33 bits per heavy atom. The van der Waals surface area contributed by atoms with Crippen LogP contribution in [0.1, 0.15) is 31.2 Å². The molecule has 21 heavy (non-hydrogen) atoms. The highest BCUT2D eigenvalue weighted by atomic mass is 32.2. The van der Waals surface area contributed by atoms with Crippen LogP contribution in [0.2, 0.25) is 0 Å². The van der Waals surface area contributed by atoms with Gasteiger partial charge < -0.3 is 10.6 Å². The second kappa shape index (κ2) is 4.79. The van der Waals surface area contributed by atoms with Crippen LogP contribution in [0.15, 0.2) is 23.1 Å². The van der Waals surface area contributed by atoms with Crippen molar-refractivity contribution in [1.82, 2.24) is 0 Å². The maximum Gasteiger partial charge on any atom is 0.238 e. The molecule has 1 saturated carbocycles. The van der Waals surface area contributed by atoms with Crippen LogP contribution < -0.4 is 15.8 Å². The molecule has 1 aliphatic heterocycles. The zero-order valence-corrected chi connectivity index (χ0v) is 12.5. The molecule has 0 unspecified atom stereocenters. The van der Waals surface area contributed by atoms with Gasteiger partial charge in [0.05, 0.1) is 4.90 Å². The highest BCUT2D eigenvalue weighted by Crippen LogP contribution is 2.35. The number of nitrogens with zero attached hydrogens (tertiary/aromatic N) is 1. The van der Waals surface area contributed by atoms with Gasteiger partial charge in [-0.05, 0) is 43.4 Å². The molecule has 1 heterocycles. The van der Waals surface area contributed by atoms with Crippen molar-refractivity contribution < 1.29 is 13.2 Å². The van der Waals surface area contributed by atoms with Crippen LogP contribution in [0.3, 0.4) is 0 Å². The van der Waals surface area contributed by atoms with Crippen molar-refractivity contribution in [3.05, 3.63) is 23.8 Å². The predicted molar refractivity (Wildman–Crippen MR) is 79.3 cm³/mol. The minimum Gasteiger partial charge on any atom is -0.325 e. The molecular weight excluding hydrogens is 290 g/mol. The van der Waals surface area contributed by atoms with Crippen LogP contribution >= 0.6 is 0 Å². The van der Waals surface area contributed by atoms with E-state index in [1.807, 2.05) is 0 Å². The highest BCUT2D eigenvalue weighted by molar-refractivity contribution is 7.89. The molecule has 2 aliphatic rings. The Bertz CT molecular complexity index is 695. The third kappa shape index (κ3) is 2.68. The number of amides is 1. The van der Waals surface area contributed by atoms with E-state index in [1.165, 1.54) is 12.1 Å². The molecule has 3 rings (SSSR count). The number of rotatable bonds is 3. The Morgan fingerprint density at radius 3 is 2.62 bits per heavy atom. The van der Waals surface area contributed by atoms with Gasteiger partial charge in [-0.3, -0.25) is 4.79 Å². The van der Waals surface area contributed by atoms with Gasteiger partial charge in [-0.25, -0.2) is 13.6 Å². The quantitative estimate of drug-likeness (QED) is 0.847. The van der Waals surface area contributed by atoms with Gasteiger partial charge in [-0.1, -0.05) is 6.07 Å². The zero-order valence-electron chi connectivity index (χ0n) is 11.7. The molecule has 0 radical (unpaired) electrons. The van der Waals surface area contributed by atoms with Crippen molar-refractivity contribution in [2.24, 2.45) is 10.9 Å². The minimum atomic E-state index is -3.76. The number of sulfonamides is 1. The maximum atomic E-state index is 12.4. The summed E-state index contributed by atoms with van der Waals surface area (Å²) in [6.07, 6.45) is 3.85. The molecule has 0 atom stereocenters. The van der Waals surface area contributed by atoms with E-state index in [-0.39, 0.29) is 16.3 Å². The predicted octanol–water partition coefficient (Wildman–Crippen LogP) is 0.495. The first-order chi connectivity index (χ1) is 9.78. The molecule has 1 amide bonds. The van der Waals surface area contributed by atoms with Crippen LogP contribution in [0.25, 0.3) is 0 Å². The smallest absolute Gasteiger partial charge is 0.238 e. The fraction of sp³-hybridized carbons (Fsp3) is 0.500. The summed E-state index contributed by atoms with van der Waals surface area (Å²) in [6.45, 7) is 0.568.